The second-order valence-corrected chi connectivity index (χ2v) is 0.761. The van der Waals surface area contributed by atoms with Crippen LogP contribution in [-0.2, 0) is 0 Å². The molecule has 0 saturated heterocycles. The van der Waals surface area contributed by atoms with Gasteiger partial charge in [0.25, 0.3) is 0 Å². The van der Waals surface area contributed by atoms with Crippen LogP contribution in [0.5, 0.6) is 0 Å². The molecular formula is C3H5N2Na. The van der Waals surface area contributed by atoms with Crippen molar-refractivity contribution in [3.8, 4) is 0 Å². The smallest absolute Gasteiger partial charge is 0.0919 e. The summed E-state index contributed by atoms with van der Waals surface area (Å²) in [6.07, 6.45) is 5.08. The average molecular weight is 92.1 g/mol. The first-order chi connectivity index (χ1) is 2.50. The fourth-order valence-electron chi connectivity index (χ4n) is 0.215. The molecule has 0 amide bonds. The molecule has 0 aliphatic heterocycles. The van der Waals surface area contributed by atoms with Crippen LogP contribution in [0.4, 0.5) is 0 Å². The molecular weight excluding hydrogens is 87.0 g/mol. The van der Waals surface area contributed by atoms with Crippen LogP contribution >= 0.6 is 0 Å². The molecule has 6 heavy (non-hydrogen) atoms. The minimum atomic E-state index is 0. The normalized spacial score (nSPS) is 6.67. The van der Waals surface area contributed by atoms with E-state index in [-0.39, 0.29) is 29.6 Å². The van der Waals surface area contributed by atoms with E-state index in [0.717, 1.165) is 0 Å². The molecule has 1 N–H and O–H groups in total. The Balaban J connectivity index is 0.000000250. The van der Waals surface area contributed by atoms with Crippen molar-refractivity contribution in [2.24, 2.45) is 0 Å². The van der Waals surface area contributed by atoms with Gasteiger partial charge in [-0.3, -0.25) is 0 Å². The molecule has 1 heterocycles. The number of aromatic nitrogens is 2. The van der Waals surface area contributed by atoms with Gasteiger partial charge in [-0.15, -0.1) is 0 Å². The van der Waals surface area contributed by atoms with Crippen LogP contribution in [0.2, 0.25) is 0 Å². The second kappa shape index (κ2) is 3.40. The van der Waals surface area contributed by atoms with Crippen molar-refractivity contribution in [3.63, 3.8) is 0 Å². The molecule has 0 spiro atoms. The largest absolute Gasteiger partial charge is 0.351 e. The third-order valence-electron chi connectivity index (χ3n) is 0.406. The maximum Gasteiger partial charge on any atom is 0.0919 e. The number of hydrogen-bond acceptors (Lipinski definition) is 1. The Kier molecular flexibility index (Phi) is 3.52. The molecule has 0 unspecified atom stereocenters. The average Bonchev–Trinajstić information content (AvgIpc) is 1.76. The van der Waals surface area contributed by atoms with Crippen LogP contribution in [0, 0.1) is 0 Å². The van der Waals surface area contributed by atoms with Gasteiger partial charge >= 0.3 is 29.6 Å². The van der Waals surface area contributed by atoms with E-state index in [2.05, 4.69) is 9.97 Å². The summed E-state index contributed by atoms with van der Waals surface area (Å²) >= 11 is 0. The molecule has 0 fully saturated rings. The molecule has 1 aromatic rings. The first-order valence-electron chi connectivity index (χ1n) is 1.43. The first kappa shape index (κ1) is 6.21. The van der Waals surface area contributed by atoms with E-state index in [1.165, 1.54) is 0 Å². The third kappa shape index (κ3) is 1.60. The second-order valence-electron chi connectivity index (χ2n) is 0.761. The summed E-state index contributed by atoms with van der Waals surface area (Å²) in [5.41, 5.74) is 0. The van der Waals surface area contributed by atoms with Gasteiger partial charge in [0.15, 0.2) is 0 Å². The van der Waals surface area contributed by atoms with Crippen molar-refractivity contribution < 1.29 is 0 Å². The zero-order valence-electron chi connectivity index (χ0n) is 2.68. The van der Waals surface area contributed by atoms with E-state index < -0.39 is 0 Å². The number of H-pyrrole nitrogens is 1. The van der Waals surface area contributed by atoms with Crippen molar-refractivity contribution in [1.29, 1.82) is 0 Å². The molecule has 3 heteroatoms. The first-order valence-corrected chi connectivity index (χ1v) is 1.43. The van der Waals surface area contributed by atoms with Crippen LogP contribution in [-0.4, -0.2) is 39.5 Å². The Hall–Kier alpha value is 0.210. The maximum absolute atomic E-state index is 3.67. The van der Waals surface area contributed by atoms with Crippen molar-refractivity contribution in [2.75, 3.05) is 0 Å². The number of imidazole rings is 1. The Morgan fingerprint density at radius 1 is 1.50 bits per heavy atom. The van der Waals surface area contributed by atoms with Gasteiger partial charge in [0, 0.05) is 12.4 Å². The van der Waals surface area contributed by atoms with Gasteiger partial charge in [0.05, 0.1) is 6.33 Å². The van der Waals surface area contributed by atoms with Gasteiger partial charge in [0.2, 0.25) is 0 Å². The third-order valence-corrected chi connectivity index (χ3v) is 0.406. The number of hydrogen-bond donors (Lipinski definition) is 1. The van der Waals surface area contributed by atoms with Crippen molar-refractivity contribution in [1.82, 2.24) is 9.97 Å². The molecule has 0 aromatic carbocycles. The summed E-state index contributed by atoms with van der Waals surface area (Å²) in [4.78, 5) is 6.42. The number of aromatic amines is 1. The summed E-state index contributed by atoms with van der Waals surface area (Å²) in [5, 5.41) is 0. The van der Waals surface area contributed by atoms with Gasteiger partial charge in [-0.2, -0.15) is 0 Å². The topological polar surface area (TPSA) is 28.7 Å². The maximum atomic E-state index is 3.67. The predicted octanol–water partition coefficient (Wildman–Crippen LogP) is -0.239. The molecule has 0 bridgehead atoms. The molecule has 28 valence electrons. The Labute approximate surface area is 58.3 Å². The predicted molar refractivity (Wildman–Crippen MR) is 25.7 cm³/mol. The summed E-state index contributed by atoms with van der Waals surface area (Å²) < 4.78 is 0. The molecule has 2 nitrogen and oxygen atoms in total. The van der Waals surface area contributed by atoms with Crippen molar-refractivity contribution >= 4 is 29.6 Å². The van der Waals surface area contributed by atoms with E-state index in [0.29, 0.717) is 0 Å². The SMILES string of the molecule is [NaH].c1c[nH]cn1. The van der Waals surface area contributed by atoms with E-state index in [4.69, 9.17) is 0 Å². The standard InChI is InChI=1S/C3H4N2.Na.H/c1-2-5-3-4-1;;/h1-3H,(H,4,5);;. The summed E-state index contributed by atoms with van der Waals surface area (Å²) in [6.45, 7) is 0. The molecule has 1 rings (SSSR count). The van der Waals surface area contributed by atoms with E-state index in [9.17, 15) is 0 Å². The minimum absolute atomic E-state index is 0. The van der Waals surface area contributed by atoms with Crippen LogP contribution < -0.4 is 0 Å². The molecule has 0 saturated carbocycles. The van der Waals surface area contributed by atoms with Crippen molar-refractivity contribution in [3.05, 3.63) is 18.7 Å². The van der Waals surface area contributed by atoms with Gasteiger partial charge in [-0.05, 0) is 0 Å². The quantitative estimate of drug-likeness (QED) is 0.439. The summed E-state index contributed by atoms with van der Waals surface area (Å²) in [6, 6.07) is 0. The van der Waals surface area contributed by atoms with E-state index in [1.807, 2.05) is 0 Å². The summed E-state index contributed by atoms with van der Waals surface area (Å²) in [5.74, 6) is 0. The van der Waals surface area contributed by atoms with Gasteiger partial charge in [-0.25, -0.2) is 4.98 Å². The summed E-state index contributed by atoms with van der Waals surface area (Å²) in [7, 11) is 0. The fourth-order valence-corrected chi connectivity index (χ4v) is 0.215. The molecule has 0 aliphatic carbocycles. The fraction of sp³-hybridized carbons (Fsp3) is 0. The van der Waals surface area contributed by atoms with E-state index >= 15 is 0 Å². The molecule has 0 atom stereocenters. The van der Waals surface area contributed by atoms with Crippen LogP contribution in [0.15, 0.2) is 18.7 Å². The Bertz CT molecular complexity index is 65.3. The minimum Gasteiger partial charge on any atom is -0.351 e. The molecule has 0 radical (unpaired) electrons. The zero-order valence-corrected chi connectivity index (χ0v) is 2.68. The molecule has 0 aliphatic rings. The monoisotopic (exact) mass is 92.0 g/mol. The van der Waals surface area contributed by atoms with E-state index in [1.54, 1.807) is 18.7 Å². The Morgan fingerprint density at radius 3 is 2.50 bits per heavy atom. The van der Waals surface area contributed by atoms with Gasteiger partial charge in [0.1, 0.15) is 0 Å². The van der Waals surface area contributed by atoms with Crippen LogP contribution in [0.3, 0.4) is 0 Å². The van der Waals surface area contributed by atoms with Gasteiger partial charge < -0.3 is 4.98 Å². The van der Waals surface area contributed by atoms with Crippen molar-refractivity contribution in [2.45, 2.75) is 0 Å². The van der Waals surface area contributed by atoms with Gasteiger partial charge in [-0.1, -0.05) is 0 Å². The number of nitrogens with zero attached hydrogens (tertiary/aromatic N) is 1. The number of rotatable bonds is 0. The van der Waals surface area contributed by atoms with Crippen LogP contribution in [0.1, 0.15) is 0 Å². The Morgan fingerprint density at radius 2 is 2.33 bits per heavy atom. The zero-order chi connectivity index (χ0) is 3.54. The number of nitrogens with one attached hydrogen (secondary N) is 1. The van der Waals surface area contributed by atoms with Crippen LogP contribution in [0.25, 0.3) is 0 Å². The molecule has 1 aromatic heterocycles.